The van der Waals surface area contributed by atoms with Crippen LogP contribution in [0.25, 0.3) is 0 Å². The summed E-state index contributed by atoms with van der Waals surface area (Å²) in [6.07, 6.45) is 1.27. The van der Waals surface area contributed by atoms with Gasteiger partial charge >= 0.3 is 0 Å². The van der Waals surface area contributed by atoms with E-state index in [0.29, 0.717) is 6.04 Å². The molecule has 0 radical (unpaired) electrons. The molecule has 0 amide bonds. The number of hydrogen-bond acceptors (Lipinski definition) is 4. The molecular weight excluding hydrogens is 278 g/mol. The molecule has 1 saturated heterocycles. The van der Waals surface area contributed by atoms with E-state index < -0.39 is 0 Å². The lowest BCUT2D eigenvalue weighted by atomic mass is 10.2. The summed E-state index contributed by atoms with van der Waals surface area (Å²) in [6, 6.07) is 11.3. The molecule has 2 rings (SSSR count). The molecule has 0 bridgehead atoms. The lowest BCUT2D eigenvalue weighted by Gasteiger charge is -2.36. The molecule has 21 heavy (non-hydrogen) atoms. The largest absolute Gasteiger partial charge is 0.315 e. The summed E-state index contributed by atoms with van der Waals surface area (Å²) in [5, 5.41) is 3.48. The van der Waals surface area contributed by atoms with Crippen LogP contribution < -0.4 is 5.32 Å². The summed E-state index contributed by atoms with van der Waals surface area (Å²) >= 11 is 1.95. The van der Waals surface area contributed by atoms with E-state index in [2.05, 4.69) is 59.4 Å². The van der Waals surface area contributed by atoms with Crippen molar-refractivity contribution in [3.05, 3.63) is 30.3 Å². The van der Waals surface area contributed by atoms with Crippen LogP contribution in [-0.4, -0.2) is 67.9 Å². The molecule has 0 spiro atoms. The SMILES string of the molecule is CCCN1CCN(C[C@H](CSc2ccccc2)NC)CC1. The van der Waals surface area contributed by atoms with Crippen molar-refractivity contribution >= 4 is 11.8 Å². The molecule has 1 aliphatic rings. The number of nitrogens with one attached hydrogen (secondary N) is 1. The van der Waals surface area contributed by atoms with Gasteiger partial charge in [-0.15, -0.1) is 11.8 Å². The Labute approximate surface area is 134 Å². The van der Waals surface area contributed by atoms with Crippen LogP contribution in [0.2, 0.25) is 0 Å². The molecule has 1 aromatic rings. The topological polar surface area (TPSA) is 18.5 Å². The second kappa shape index (κ2) is 9.46. The van der Waals surface area contributed by atoms with Crippen molar-refractivity contribution in [1.82, 2.24) is 15.1 Å². The van der Waals surface area contributed by atoms with Gasteiger partial charge in [0.1, 0.15) is 0 Å². The number of hydrogen-bond donors (Lipinski definition) is 1. The van der Waals surface area contributed by atoms with Gasteiger partial charge in [0.25, 0.3) is 0 Å². The fourth-order valence-corrected chi connectivity index (χ4v) is 3.78. The molecule has 1 heterocycles. The van der Waals surface area contributed by atoms with Crippen LogP contribution in [0.3, 0.4) is 0 Å². The maximum absolute atomic E-state index is 3.48. The van der Waals surface area contributed by atoms with Crippen molar-refractivity contribution in [2.24, 2.45) is 0 Å². The van der Waals surface area contributed by atoms with E-state index in [1.165, 1.54) is 44.0 Å². The second-order valence-electron chi connectivity index (χ2n) is 5.75. The highest BCUT2D eigenvalue weighted by molar-refractivity contribution is 7.99. The summed E-state index contributed by atoms with van der Waals surface area (Å²) in [7, 11) is 2.09. The molecule has 1 fully saturated rings. The number of likely N-dealkylation sites (N-methyl/N-ethyl adjacent to an activating group) is 1. The smallest absolute Gasteiger partial charge is 0.0286 e. The first-order valence-electron chi connectivity index (χ1n) is 8.11. The molecule has 118 valence electrons. The first kappa shape index (κ1) is 16.8. The van der Waals surface area contributed by atoms with Gasteiger partial charge < -0.3 is 10.2 Å². The lowest BCUT2D eigenvalue weighted by Crippen LogP contribution is -2.50. The van der Waals surface area contributed by atoms with Crippen molar-refractivity contribution < 1.29 is 0 Å². The summed E-state index contributed by atoms with van der Waals surface area (Å²) in [5.74, 6) is 1.13. The van der Waals surface area contributed by atoms with Gasteiger partial charge in [-0.3, -0.25) is 4.90 Å². The molecule has 1 atom stereocenters. The van der Waals surface area contributed by atoms with Crippen LogP contribution >= 0.6 is 11.8 Å². The molecule has 1 N–H and O–H groups in total. The number of rotatable bonds is 8. The zero-order chi connectivity index (χ0) is 14.9. The fourth-order valence-electron chi connectivity index (χ4n) is 2.76. The van der Waals surface area contributed by atoms with E-state index in [0.717, 1.165) is 12.3 Å². The zero-order valence-corrected chi connectivity index (χ0v) is 14.2. The standard InChI is InChI=1S/C17H29N3S/c1-3-9-19-10-12-20(13-11-19)14-16(18-2)15-21-17-7-5-4-6-8-17/h4-8,16,18H,3,9-15H2,1-2H3/t16-/m1/s1. The predicted octanol–water partition coefficient (Wildman–Crippen LogP) is 2.39. The highest BCUT2D eigenvalue weighted by atomic mass is 32.2. The van der Waals surface area contributed by atoms with Crippen LogP contribution in [0.5, 0.6) is 0 Å². The number of nitrogens with zero attached hydrogens (tertiary/aromatic N) is 2. The third-order valence-corrected chi connectivity index (χ3v) is 5.26. The number of benzene rings is 1. The van der Waals surface area contributed by atoms with Gasteiger partial charge in [-0.25, -0.2) is 0 Å². The Kier molecular flexibility index (Phi) is 7.58. The Morgan fingerprint density at radius 3 is 2.38 bits per heavy atom. The molecule has 3 nitrogen and oxygen atoms in total. The minimum absolute atomic E-state index is 0.563. The maximum Gasteiger partial charge on any atom is 0.0286 e. The van der Waals surface area contributed by atoms with Crippen LogP contribution in [0.15, 0.2) is 35.2 Å². The van der Waals surface area contributed by atoms with Crippen LogP contribution in [0.1, 0.15) is 13.3 Å². The Morgan fingerprint density at radius 2 is 1.76 bits per heavy atom. The van der Waals surface area contributed by atoms with Crippen LogP contribution in [0.4, 0.5) is 0 Å². The molecule has 0 aliphatic carbocycles. The molecule has 0 unspecified atom stereocenters. The Morgan fingerprint density at radius 1 is 1.10 bits per heavy atom. The van der Waals surface area contributed by atoms with E-state index in [1.807, 2.05) is 11.8 Å². The Hall–Kier alpha value is -0.550. The maximum atomic E-state index is 3.48. The number of piperazine rings is 1. The lowest BCUT2D eigenvalue weighted by molar-refractivity contribution is 0.126. The zero-order valence-electron chi connectivity index (χ0n) is 13.4. The van der Waals surface area contributed by atoms with Gasteiger partial charge in [-0.05, 0) is 32.1 Å². The minimum atomic E-state index is 0.563. The van der Waals surface area contributed by atoms with Gasteiger partial charge in [0.05, 0.1) is 0 Å². The highest BCUT2D eigenvalue weighted by Gasteiger charge is 2.19. The van der Waals surface area contributed by atoms with E-state index in [-0.39, 0.29) is 0 Å². The second-order valence-corrected chi connectivity index (χ2v) is 6.85. The highest BCUT2D eigenvalue weighted by Crippen LogP contribution is 2.18. The van der Waals surface area contributed by atoms with E-state index in [1.54, 1.807) is 0 Å². The van der Waals surface area contributed by atoms with E-state index >= 15 is 0 Å². The van der Waals surface area contributed by atoms with Crippen molar-refractivity contribution in [1.29, 1.82) is 0 Å². The van der Waals surface area contributed by atoms with Crippen molar-refractivity contribution in [2.45, 2.75) is 24.3 Å². The van der Waals surface area contributed by atoms with Gasteiger partial charge in [0.15, 0.2) is 0 Å². The van der Waals surface area contributed by atoms with Gasteiger partial charge in [-0.2, -0.15) is 0 Å². The number of thioether (sulfide) groups is 1. The Balaban J connectivity index is 1.70. The average Bonchev–Trinajstić information content (AvgIpc) is 2.54. The monoisotopic (exact) mass is 307 g/mol. The normalized spacial score (nSPS) is 18.8. The predicted molar refractivity (Wildman–Crippen MR) is 93.2 cm³/mol. The van der Waals surface area contributed by atoms with Crippen molar-refractivity contribution in [2.75, 3.05) is 52.1 Å². The first-order valence-corrected chi connectivity index (χ1v) is 9.10. The molecule has 1 aliphatic heterocycles. The third kappa shape index (κ3) is 5.99. The van der Waals surface area contributed by atoms with Gasteiger partial charge in [0, 0.05) is 49.4 Å². The van der Waals surface area contributed by atoms with Gasteiger partial charge in [0.2, 0.25) is 0 Å². The Bertz CT molecular complexity index is 377. The fraction of sp³-hybridized carbons (Fsp3) is 0.647. The molecular formula is C17H29N3S. The summed E-state index contributed by atoms with van der Waals surface area (Å²) in [6.45, 7) is 9.59. The van der Waals surface area contributed by atoms with Crippen LogP contribution in [0, 0.1) is 0 Å². The molecule has 4 heteroatoms. The molecule has 0 saturated carbocycles. The minimum Gasteiger partial charge on any atom is -0.315 e. The molecule has 1 aromatic carbocycles. The molecule has 0 aromatic heterocycles. The van der Waals surface area contributed by atoms with E-state index in [9.17, 15) is 0 Å². The van der Waals surface area contributed by atoms with Crippen molar-refractivity contribution in [3.8, 4) is 0 Å². The summed E-state index contributed by atoms with van der Waals surface area (Å²) in [5.41, 5.74) is 0. The quantitative estimate of drug-likeness (QED) is 0.743. The van der Waals surface area contributed by atoms with Crippen LogP contribution in [-0.2, 0) is 0 Å². The van der Waals surface area contributed by atoms with E-state index in [4.69, 9.17) is 0 Å². The third-order valence-electron chi connectivity index (χ3n) is 4.09. The summed E-state index contributed by atoms with van der Waals surface area (Å²) < 4.78 is 0. The van der Waals surface area contributed by atoms with Crippen molar-refractivity contribution in [3.63, 3.8) is 0 Å². The van der Waals surface area contributed by atoms with Gasteiger partial charge in [-0.1, -0.05) is 25.1 Å². The summed E-state index contributed by atoms with van der Waals surface area (Å²) in [4.78, 5) is 6.56. The average molecular weight is 308 g/mol. The first-order chi connectivity index (χ1) is 10.3.